The molecule has 0 spiro atoms. The number of rotatable bonds is 4. The van der Waals surface area contributed by atoms with Gasteiger partial charge in [-0.1, -0.05) is 64.5 Å². The summed E-state index contributed by atoms with van der Waals surface area (Å²) in [4.78, 5) is 0. The minimum atomic E-state index is 0.316. The first-order valence-electron chi connectivity index (χ1n) is 6.24. The summed E-state index contributed by atoms with van der Waals surface area (Å²) in [6.45, 7) is 4.39. The van der Waals surface area contributed by atoms with E-state index in [2.05, 4.69) is 77.6 Å². The van der Waals surface area contributed by atoms with Crippen molar-refractivity contribution in [2.75, 3.05) is 0 Å². The molecule has 0 amide bonds. The lowest BCUT2D eigenvalue weighted by molar-refractivity contribution is 0.493. The molecule has 1 N–H and O–H groups in total. The van der Waals surface area contributed by atoms with Gasteiger partial charge in [0.05, 0.1) is 0 Å². The van der Waals surface area contributed by atoms with Gasteiger partial charge in [0.15, 0.2) is 0 Å². The highest BCUT2D eigenvalue weighted by Crippen LogP contribution is 2.25. The van der Waals surface area contributed by atoms with Crippen LogP contribution in [0.5, 0.6) is 0 Å². The van der Waals surface area contributed by atoms with Crippen molar-refractivity contribution in [2.24, 2.45) is 0 Å². The van der Waals surface area contributed by atoms with Gasteiger partial charge in [0, 0.05) is 16.6 Å². The van der Waals surface area contributed by atoms with Crippen molar-refractivity contribution in [1.29, 1.82) is 0 Å². The molecule has 2 aromatic rings. The second kappa shape index (κ2) is 6.17. The van der Waals surface area contributed by atoms with Crippen LogP contribution in [0.15, 0.2) is 59.1 Å². The molecule has 0 radical (unpaired) electrons. The normalized spacial score (nSPS) is 14.2. The van der Waals surface area contributed by atoms with Crippen LogP contribution in [0.4, 0.5) is 0 Å². The predicted molar refractivity (Wildman–Crippen MR) is 80.5 cm³/mol. The van der Waals surface area contributed by atoms with E-state index in [4.69, 9.17) is 0 Å². The molecule has 0 saturated heterocycles. The van der Waals surface area contributed by atoms with E-state index >= 15 is 0 Å². The van der Waals surface area contributed by atoms with Gasteiger partial charge < -0.3 is 5.32 Å². The van der Waals surface area contributed by atoms with Crippen molar-refractivity contribution >= 4 is 15.9 Å². The molecule has 1 unspecified atom stereocenters. The van der Waals surface area contributed by atoms with Crippen molar-refractivity contribution in [3.05, 3.63) is 70.2 Å². The van der Waals surface area contributed by atoms with E-state index in [1.807, 2.05) is 12.1 Å². The Bertz CT molecular complexity index is 495. The van der Waals surface area contributed by atoms with Crippen molar-refractivity contribution in [3.63, 3.8) is 0 Å². The van der Waals surface area contributed by atoms with Crippen LogP contribution in [-0.4, -0.2) is 0 Å². The Balaban J connectivity index is 2.08. The molecule has 18 heavy (non-hydrogen) atoms. The van der Waals surface area contributed by atoms with E-state index in [1.165, 1.54) is 11.1 Å². The molecule has 0 aliphatic carbocycles. The van der Waals surface area contributed by atoms with Crippen molar-refractivity contribution in [3.8, 4) is 0 Å². The molecule has 0 aliphatic rings. The molecule has 1 nitrogen and oxygen atoms in total. The molecular weight excluding hydrogens is 286 g/mol. The van der Waals surface area contributed by atoms with Gasteiger partial charge in [-0.2, -0.15) is 0 Å². The molecule has 2 rings (SSSR count). The molecule has 2 aromatic carbocycles. The average Bonchev–Trinajstić information content (AvgIpc) is 2.40. The van der Waals surface area contributed by atoms with Gasteiger partial charge in [-0.15, -0.1) is 0 Å². The van der Waals surface area contributed by atoms with E-state index in [0.29, 0.717) is 12.1 Å². The van der Waals surface area contributed by atoms with E-state index in [1.54, 1.807) is 0 Å². The van der Waals surface area contributed by atoms with Crippen LogP contribution >= 0.6 is 15.9 Å². The fourth-order valence-electron chi connectivity index (χ4n) is 2.13. The standard InChI is InChI=1S/C16H18BrN/c1-12(14-8-4-3-5-9-14)18-13(2)15-10-6-7-11-16(15)17/h3-13,18H,1-2H3/t12?,13-/m0/s1. The Morgan fingerprint density at radius 1 is 0.833 bits per heavy atom. The summed E-state index contributed by atoms with van der Waals surface area (Å²) in [5.41, 5.74) is 2.61. The zero-order valence-electron chi connectivity index (χ0n) is 10.7. The lowest BCUT2D eigenvalue weighted by atomic mass is 10.0. The SMILES string of the molecule is CC(N[C@@H](C)c1ccccc1Br)c1ccccc1. The van der Waals surface area contributed by atoms with E-state index in [-0.39, 0.29) is 0 Å². The Hall–Kier alpha value is -1.12. The summed E-state index contributed by atoms with van der Waals surface area (Å²) in [5, 5.41) is 3.62. The Morgan fingerprint density at radius 2 is 1.44 bits per heavy atom. The second-order valence-corrected chi connectivity index (χ2v) is 5.40. The largest absolute Gasteiger partial charge is 0.304 e. The maximum absolute atomic E-state index is 3.62. The minimum absolute atomic E-state index is 0.316. The number of halogens is 1. The number of hydrogen-bond acceptors (Lipinski definition) is 1. The topological polar surface area (TPSA) is 12.0 Å². The van der Waals surface area contributed by atoms with Gasteiger partial charge in [-0.3, -0.25) is 0 Å². The van der Waals surface area contributed by atoms with Crippen molar-refractivity contribution < 1.29 is 0 Å². The number of hydrogen-bond donors (Lipinski definition) is 1. The van der Waals surface area contributed by atoms with Gasteiger partial charge in [0.2, 0.25) is 0 Å². The Kier molecular flexibility index (Phi) is 4.56. The predicted octanol–water partition coefficient (Wildman–Crippen LogP) is 4.86. The third-order valence-electron chi connectivity index (χ3n) is 3.17. The molecule has 0 heterocycles. The minimum Gasteiger partial charge on any atom is -0.304 e. The first-order valence-corrected chi connectivity index (χ1v) is 7.03. The lowest BCUT2D eigenvalue weighted by Crippen LogP contribution is -2.22. The van der Waals surface area contributed by atoms with Gasteiger partial charge in [-0.25, -0.2) is 0 Å². The Morgan fingerprint density at radius 3 is 2.11 bits per heavy atom. The summed E-state index contributed by atoms with van der Waals surface area (Å²) in [5.74, 6) is 0. The second-order valence-electron chi connectivity index (χ2n) is 4.54. The molecular formula is C16H18BrN. The maximum atomic E-state index is 3.62. The fraction of sp³-hybridized carbons (Fsp3) is 0.250. The molecule has 0 fully saturated rings. The summed E-state index contributed by atoms with van der Waals surface area (Å²) >= 11 is 3.60. The first-order chi connectivity index (χ1) is 8.68. The highest BCUT2D eigenvalue weighted by molar-refractivity contribution is 9.10. The molecule has 94 valence electrons. The van der Waals surface area contributed by atoms with Gasteiger partial charge >= 0.3 is 0 Å². The number of nitrogens with one attached hydrogen (secondary N) is 1. The van der Waals surface area contributed by atoms with Crippen LogP contribution in [0.3, 0.4) is 0 Å². The van der Waals surface area contributed by atoms with Crippen LogP contribution in [0.1, 0.15) is 37.1 Å². The van der Waals surface area contributed by atoms with Crippen LogP contribution in [0.25, 0.3) is 0 Å². The summed E-state index contributed by atoms with van der Waals surface area (Å²) in [6, 6.07) is 19.5. The van der Waals surface area contributed by atoms with E-state index < -0.39 is 0 Å². The Labute approximate surface area is 117 Å². The monoisotopic (exact) mass is 303 g/mol. The molecule has 0 saturated carbocycles. The molecule has 0 aromatic heterocycles. The van der Waals surface area contributed by atoms with Crippen LogP contribution in [-0.2, 0) is 0 Å². The van der Waals surface area contributed by atoms with Crippen LogP contribution in [0.2, 0.25) is 0 Å². The maximum Gasteiger partial charge on any atom is 0.0308 e. The zero-order chi connectivity index (χ0) is 13.0. The van der Waals surface area contributed by atoms with E-state index in [9.17, 15) is 0 Å². The average molecular weight is 304 g/mol. The van der Waals surface area contributed by atoms with Crippen molar-refractivity contribution in [2.45, 2.75) is 25.9 Å². The number of benzene rings is 2. The summed E-state index contributed by atoms with van der Waals surface area (Å²) in [7, 11) is 0. The molecule has 2 heteroatoms. The third kappa shape index (κ3) is 3.21. The highest BCUT2D eigenvalue weighted by atomic mass is 79.9. The summed E-state index contributed by atoms with van der Waals surface area (Å²) in [6.07, 6.45) is 0. The van der Waals surface area contributed by atoms with Crippen molar-refractivity contribution in [1.82, 2.24) is 5.32 Å². The smallest absolute Gasteiger partial charge is 0.0308 e. The highest BCUT2D eigenvalue weighted by Gasteiger charge is 2.12. The van der Waals surface area contributed by atoms with Gasteiger partial charge in [0.1, 0.15) is 0 Å². The molecule has 2 atom stereocenters. The van der Waals surface area contributed by atoms with E-state index in [0.717, 1.165) is 4.47 Å². The van der Waals surface area contributed by atoms with Gasteiger partial charge in [0.25, 0.3) is 0 Å². The van der Waals surface area contributed by atoms with Crippen LogP contribution in [0, 0.1) is 0 Å². The van der Waals surface area contributed by atoms with Crippen LogP contribution < -0.4 is 5.32 Å². The lowest BCUT2D eigenvalue weighted by Gasteiger charge is -2.21. The molecule has 0 aliphatic heterocycles. The first kappa shape index (κ1) is 13.3. The van der Waals surface area contributed by atoms with Gasteiger partial charge in [-0.05, 0) is 31.0 Å². The molecule has 0 bridgehead atoms. The zero-order valence-corrected chi connectivity index (χ0v) is 12.3. The fourth-order valence-corrected chi connectivity index (χ4v) is 2.76. The third-order valence-corrected chi connectivity index (χ3v) is 3.89. The quantitative estimate of drug-likeness (QED) is 0.850. The summed E-state index contributed by atoms with van der Waals surface area (Å²) < 4.78 is 1.16.